The number of hydrogen-bond donors (Lipinski definition) is 3. The zero-order valence-electron chi connectivity index (χ0n) is 13.7. The number of nitrogens with one attached hydrogen (secondary N) is 3. The van der Waals surface area contributed by atoms with E-state index < -0.39 is 0 Å². The maximum Gasteiger partial charge on any atom is 0.220 e. The van der Waals surface area contributed by atoms with Crippen molar-refractivity contribution in [1.82, 2.24) is 16.0 Å². The Morgan fingerprint density at radius 1 is 1.23 bits per heavy atom. The molecular weight excluding hydrogens is 276 g/mol. The molecule has 3 N–H and O–H groups in total. The number of hydrogen-bond acceptors (Lipinski definition) is 2. The van der Waals surface area contributed by atoms with Crippen molar-refractivity contribution in [2.75, 3.05) is 13.1 Å². The molecule has 0 spiro atoms. The number of guanidine groups is 1. The van der Waals surface area contributed by atoms with Crippen molar-refractivity contribution < 1.29 is 4.79 Å². The third-order valence-corrected chi connectivity index (χ3v) is 5.34. The highest BCUT2D eigenvalue weighted by Gasteiger charge is 2.43. The summed E-state index contributed by atoms with van der Waals surface area (Å²) >= 11 is 0. The van der Waals surface area contributed by atoms with E-state index in [2.05, 4.69) is 27.9 Å². The zero-order chi connectivity index (χ0) is 15.4. The van der Waals surface area contributed by atoms with Gasteiger partial charge in [-0.1, -0.05) is 32.1 Å². The molecule has 3 unspecified atom stereocenters. The first-order valence-electron chi connectivity index (χ1n) is 9.10. The van der Waals surface area contributed by atoms with Gasteiger partial charge in [0.1, 0.15) is 0 Å². The third-order valence-electron chi connectivity index (χ3n) is 5.34. The van der Waals surface area contributed by atoms with E-state index in [1.165, 1.54) is 38.5 Å². The van der Waals surface area contributed by atoms with E-state index in [4.69, 9.17) is 0 Å². The molecule has 3 rings (SSSR count). The van der Waals surface area contributed by atoms with Crippen molar-refractivity contribution in [3.63, 3.8) is 0 Å². The van der Waals surface area contributed by atoms with E-state index in [1.807, 2.05) is 0 Å². The van der Waals surface area contributed by atoms with Crippen LogP contribution in [-0.2, 0) is 4.79 Å². The molecule has 1 aliphatic heterocycles. The summed E-state index contributed by atoms with van der Waals surface area (Å²) in [5.74, 6) is 2.89. The fraction of sp³-hybridized carbons (Fsp3) is 0.882. The van der Waals surface area contributed by atoms with E-state index in [9.17, 15) is 4.79 Å². The van der Waals surface area contributed by atoms with Gasteiger partial charge in [-0.15, -0.1) is 0 Å². The Labute approximate surface area is 133 Å². The molecule has 5 heteroatoms. The average Bonchev–Trinajstić information content (AvgIpc) is 3.30. The molecule has 1 saturated heterocycles. The first-order chi connectivity index (χ1) is 10.8. The molecule has 0 aromatic carbocycles. The molecule has 22 heavy (non-hydrogen) atoms. The SMILES string of the molecule is CCN=C(NC1CCC(=O)NC1)NC1CC1C1CCCCC1. The largest absolute Gasteiger partial charge is 0.354 e. The highest BCUT2D eigenvalue weighted by Crippen LogP contribution is 2.44. The Balaban J connectivity index is 1.46. The fourth-order valence-electron chi connectivity index (χ4n) is 3.98. The molecule has 3 atom stereocenters. The first kappa shape index (κ1) is 15.6. The predicted octanol–water partition coefficient (Wildman–Crippen LogP) is 1.79. The molecule has 5 nitrogen and oxygen atoms in total. The lowest BCUT2D eigenvalue weighted by Crippen LogP contribution is -2.52. The summed E-state index contributed by atoms with van der Waals surface area (Å²) in [4.78, 5) is 15.8. The van der Waals surface area contributed by atoms with Crippen molar-refractivity contribution in [1.29, 1.82) is 0 Å². The summed E-state index contributed by atoms with van der Waals surface area (Å²) in [5.41, 5.74) is 0. The molecule has 3 aliphatic rings. The lowest BCUT2D eigenvalue weighted by atomic mass is 9.85. The maximum absolute atomic E-state index is 11.2. The highest BCUT2D eigenvalue weighted by atomic mass is 16.1. The topological polar surface area (TPSA) is 65.5 Å². The molecule has 124 valence electrons. The number of carbonyl (C=O) groups is 1. The van der Waals surface area contributed by atoms with Crippen molar-refractivity contribution in [2.24, 2.45) is 16.8 Å². The minimum atomic E-state index is 0.166. The highest BCUT2D eigenvalue weighted by molar-refractivity contribution is 5.81. The van der Waals surface area contributed by atoms with Gasteiger partial charge in [0, 0.05) is 31.6 Å². The van der Waals surface area contributed by atoms with Crippen LogP contribution in [0.3, 0.4) is 0 Å². The molecule has 0 bridgehead atoms. The predicted molar refractivity (Wildman–Crippen MR) is 88.7 cm³/mol. The minimum Gasteiger partial charge on any atom is -0.354 e. The summed E-state index contributed by atoms with van der Waals surface area (Å²) in [7, 11) is 0. The standard InChI is InChI=1S/C17H30N4O/c1-2-18-17(20-13-8-9-16(22)19-11-13)21-15-10-14(15)12-6-4-3-5-7-12/h12-15H,2-11H2,1H3,(H,19,22)(H2,18,20,21). The van der Waals surface area contributed by atoms with Gasteiger partial charge in [-0.3, -0.25) is 9.79 Å². The number of amides is 1. The van der Waals surface area contributed by atoms with Crippen LogP contribution in [0.1, 0.15) is 58.3 Å². The van der Waals surface area contributed by atoms with Crippen LogP contribution in [0, 0.1) is 11.8 Å². The molecular formula is C17H30N4O. The lowest BCUT2D eigenvalue weighted by molar-refractivity contribution is -0.122. The second-order valence-corrected chi connectivity index (χ2v) is 7.06. The third kappa shape index (κ3) is 4.14. The van der Waals surface area contributed by atoms with Crippen LogP contribution in [0.4, 0.5) is 0 Å². The van der Waals surface area contributed by atoms with E-state index in [0.717, 1.165) is 30.8 Å². The van der Waals surface area contributed by atoms with Gasteiger partial charge in [0.05, 0.1) is 0 Å². The van der Waals surface area contributed by atoms with Gasteiger partial charge >= 0.3 is 0 Å². The summed E-state index contributed by atoms with van der Waals surface area (Å²) in [6, 6.07) is 0.918. The molecule has 1 amide bonds. The van der Waals surface area contributed by atoms with Gasteiger partial charge in [0.15, 0.2) is 5.96 Å². The van der Waals surface area contributed by atoms with E-state index >= 15 is 0 Å². The minimum absolute atomic E-state index is 0.166. The first-order valence-corrected chi connectivity index (χ1v) is 9.10. The zero-order valence-corrected chi connectivity index (χ0v) is 13.7. The van der Waals surface area contributed by atoms with Gasteiger partial charge in [-0.25, -0.2) is 0 Å². The van der Waals surface area contributed by atoms with Crippen molar-refractivity contribution >= 4 is 11.9 Å². The molecule has 2 aliphatic carbocycles. The van der Waals surface area contributed by atoms with Gasteiger partial charge in [0.25, 0.3) is 0 Å². The summed E-state index contributed by atoms with van der Waals surface area (Å²) in [6.07, 6.45) is 9.93. The van der Waals surface area contributed by atoms with Crippen LogP contribution in [0.25, 0.3) is 0 Å². The monoisotopic (exact) mass is 306 g/mol. The van der Waals surface area contributed by atoms with Gasteiger partial charge in [-0.05, 0) is 31.6 Å². The van der Waals surface area contributed by atoms with E-state index in [-0.39, 0.29) is 5.91 Å². The normalized spacial score (nSPS) is 33.2. The average molecular weight is 306 g/mol. The summed E-state index contributed by atoms with van der Waals surface area (Å²) < 4.78 is 0. The number of piperidine rings is 1. The molecule has 1 heterocycles. The van der Waals surface area contributed by atoms with Crippen molar-refractivity contribution in [3.8, 4) is 0 Å². The fourth-order valence-corrected chi connectivity index (χ4v) is 3.98. The lowest BCUT2D eigenvalue weighted by Gasteiger charge is -2.26. The molecule has 3 fully saturated rings. The Hall–Kier alpha value is -1.26. The van der Waals surface area contributed by atoms with E-state index in [0.29, 0.717) is 25.0 Å². The smallest absolute Gasteiger partial charge is 0.220 e. The van der Waals surface area contributed by atoms with Crippen LogP contribution in [0.2, 0.25) is 0 Å². The Kier molecular flexibility index (Phi) is 5.21. The van der Waals surface area contributed by atoms with E-state index in [1.54, 1.807) is 0 Å². The second-order valence-electron chi connectivity index (χ2n) is 7.06. The Morgan fingerprint density at radius 3 is 2.73 bits per heavy atom. The van der Waals surface area contributed by atoms with Crippen molar-refractivity contribution in [2.45, 2.75) is 70.4 Å². The molecule has 0 aromatic heterocycles. The quantitative estimate of drug-likeness (QED) is 0.548. The number of carbonyl (C=O) groups excluding carboxylic acids is 1. The van der Waals surface area contributed by atoms with Gasteiger partial charge in [0.2, 0.25) is 5.91 Å². The summed E-state index contributed by atoms with van der Waals surface area (Å²) in [5, 5.41) is 10.0. The summed E-state index contributed by atoms with van der Waals surface area (Å²) in [6.45, 7) is 3.56. The Bertz CT molecular complexity index is 407. The van der Waals surface area contributed by atoms with Gasteiger partial charge < -0.3 is 16.0 Å². The van der Waals surface area contributed by atoms with Crippen LogP contribution in [-0.4, -0.2) is 37.0 Å². The molecule has 0 aromatic rings. The number of nitrogens with zero attached hydrogens (tertiary/aromatic N) is 1. The molecule has 2 saturated carbocycles. The van der Waals surface area contributed by atoms with Crippen LogP contribution in [0.15, 0.2) is 4.99 Å². The van der Waals surface area contributed by atoms with Crippen LogP contribution in [0.5, 0.6) is 0 Å². The van der Waals surface area contributed by atoms with Gasteiger partial charge in [-0.2, -0.15) is 0 Å². The van der Waals surface area contributed by atoms with Crippen LogP contribution >= 0.6 is 0 Å². The molecule has 0 radical (unpaired) electrons. The second kappa shape index (κ2) is 7.34. The Morgan fingerprint density at radius 2 is 2.05 bits per heavy atom. The maximum atomic E-state index is 11.2. The number of aliphatic imine (C=N–C) groups is 1. The van der Waals surface area contributed by atoms with Crippen LogP contribution < -0.4 is 16.0 Å². The van der Waals surface area contributed by atoms with Crippen molar-refractivity contribution in [3.05, 3.63) is 0 Å². The number of rotatable bonds is 4.